The van der Waals surface area contributed by atoms with E-state index in [1.54, 1.807) is 0 Å². The van der Waals surface area contributed by atoms with Gasteiger partial charge in [0.05, 0.1) is 6.04 Å². The second-order valence-corrected chi connectivity index (χ2v) is 7.07. The first-order chi connectivity index (χ1) is 10.9. The summed E-state index contributed by atoms with van der Waals surface area (Å²) in [5.41, 5.74) is 1.08. The first kappa shape index (κ1) is 17.3. The van der Waals surface area contributed by atoms with Crippen LogP contribution in [0.15, 0.2) is 30.3 Å². The molecule has 1 aromatic carbocycles. The van der Waals surface area contributed by atoms with Crippen molar-refractivity contribution in [3.05, 3.63) is 35.9 Å². The first-order valence-corrected chi connectivity index (χ1v) is 8.25. The van der Waals surface area contributed by atoms with Crippen molar-refractivity contribution < 1.29 is 9.59 Å². The highest BCUT2D eigenvalue weighted by Crippen LogP contribution is 2.21. The van der Waals surface area contributed by atoms with Gasteiger partial charge in [-0.1, -0.05) is 30.3 Å². The fraction of sp³-hybridized carbons (Fsp3) is 0.556. The van der Waals surface area contributed by atoms with E-state index in [1.807, 2.05) is 43.9 Å². The summed E-state index contributed by atoms with van der Waals surface area (Å²) in [4.78, 5) is 25.7. The summed E-state index contributed by atoms with van der Waals surface area (Å²) in [6.07, 6.45) is 2.23. The van der Waals surface area contributed by atoms with Gasteiger partial charge in [-0.25, -0.2) is 4.79 Å². The summed E-state index contributed by atoms with van der Waals surface area (Å²) < 4.78 is 0. The zero-order valence-corrected chi connectivity index (χ0v) is 14.3. The molecule has 1 unspecified atom stereocenters. The van der Waals surface area contributed by atoms with Crippen LogP contribution in [0.2, 0.25) is 0 Å². The van der Waals surface area contributed by atoms with Gasteiger partial charge in [0, 0.05) is 25.0 Å². The van der Waals surface area contributed by atoms with Crippen LogP contribution in [0.4, 0.5) is 4.79 Å². The Hall–Kier alpha value is -2.04. The molecule has 1 saturated heterocycles. The van der Waals surface area contributed by atoms with Gasteiger partial charge in [-0.2, -0.15) is 0 Å². The number of hydrogen-bond donors (Lipinski definition) is 2. The number of likely N-dealkylation sites (tertiary alicyclic amines) is 1. The van der Waals surface area contributed by atoms with Crippen molar-refractivity contribution in [2.75, 3.05) is 13.1 Å². The lowest BCUT2D eigenvalue weighted by Crippen LogP contribution is -2.46. The van der Waals surface area contributed by atoms with Crippen LogP contribution in [0.1, 0.15) is 39.2 Å². The number of amides is 3. The minimum atomic E-state index is -0.195. The molecule has 126 valence electrons. The van der Waals surface area contributed by atoms with E-state index < -0.39 is 0 Å². The molecule has 1 aliphatic rings. The van der Waals surface area contributed by atoms with Gasteiger partial charge in [-0.05, 0) is 39.2 Å². The van der Waals surface area contributed by atoms with Crippen LogP contribution in [-0.2, 0) is 11.2 Å². The van der Waals surface area contributed by atoms with Crippen molar-refractivity contribution >= 4 is 11.9 Å². The van der Waals surface area contributed by atoms with Gasteiger partial charge in [-0.3, -0.25) is 4.79 Å². The molecule has 1 aromatic rings. The molecule has 3 amide bonds. The summed E-state index contributed by atoms with van der Waals surface area (Å²) >= 11 is 0. The zero-order chi connectivity index (χ0) is 16.9. The van der Waals surface area contributed by atoms with Crippen LogP contribution in [0, 0.1) is 0 Å². The van der Waals surface area contributed by atoms with Crippen LogP contribution >= 0.6 is 0 Å². The SMILES string of the molecule is CC(C)(C)N1CC(NC(=O)NCCCc2ccccc2)CC1=O. The molecule has 1 atom stereocenters. The normalized spacial score (nSPS) is 18.1. The van der Waals surface area contributed by atoms with Gasteiger partial charge in [-0.15, -0.1) is 0 Å². The second kappa shape index (κ2) is 7.49. The van der Waals surface area contributed by atoms with Crippen LogP contribution < -0.4 is 10.6 Å². The molecular weight excluding hydrogens is 290 g/mol. The summed E-state index contributed by atoms with van der Waals surface area (Å²) in [5.74, 6) is 0.104. The van der Waals surface area contributed by atoms with E-state index in [4.69, 9.17) is 0 Å². The Morgan fingerprint density at radius 1 is 1.26 bits per heavy atom. The van der Waals surface area contributed by atoms with Gasteiger partial charge in [0.15, 0.2) is 0 Å². The van der Waals surface area contributed by atoms with Crippen molar-refractivity contribution in [3.8, 4) is 0 Å². The number of hydrogen-bond acceptors (Lipinski definition) is 2. The number of rotatable bonds is 5. The Morgan fingerprint density at radius 3 is 2.57 bits per heavy atom. The van der Waals surface area contributed by atoms with E-state index in [9.17, 15) is 9.59 Å². The quantitative estimate of drug-likeness (QED) is 0.819. The van der Waals surface area contributed by atoms with Gasteiger partial charge in [0.1, 0.15) is 0 Å². The molecule has 23 heavy (non-hydrogen) atoms. The lowest BCUT2D eigenvalue weighted by Gasteiger charge is -2.32. The highest BCUT2D eigenvalue weighted by atomic mass is 16.2. The highest BCUT2D eigenvalue weighted by molar-refractivity contribution is 5.82. The number of aryl methyl sites for hydroxylation is 1. The summed E-state index contributed by atoms with van der Waals surface area (Å²) in [6.45, 7) is 7.24. The molecule has 1 heterocycles. The van der Waals surface area contributed by atoms with Crippen molar-refractivity contribution in [2.45, 2.75) is 51.6 Å². The van der Waals surface area contributed by atoms with E-state index >= 15 is 0 Å². The van der Waals surface area contributed by atoms with Crippen molar-refractivity contribution in [2.24, 2.45) is 0 Å². The Balaban J connectivity index is 1.67. The molecular formula is C18H27N3O2. The Morgan fingerprint density at radius 2 is 1.96 bits per heavy atom. The number of nitrogens with zero attached hydrogens (tertiary/aromatic N) is 1. The molecule has 1 aliphatic heterocycles. The number of carbonyl (C=O) groups is 2. The molecule has 2 N–H and O–H groups in total. The van der Waals surface area contributed by atoms with Crippen LogP contribution in [0.25, 0.3) is 0 Å². The number of urea groups is 1. The van der Waals surface area contributed by atoms with Crippen LogP contribution in [0.5, 0.6) is 0 Å². The average Bonchev–Trinajstić information content (AvgIpc) is 2.85. The van der Waals surface area contributed by atoms with Crippen LogP contribution in [0.3, 0.4) is 0 Å². The zero-order valence-electron chi connectivity index (χ0n) is 14.3. The van der Waals surface area contributed by atoms with Gasteiger partial charge in [0.25, 0.3) is 0 Å². The lowest BCUT2D eigenvalue weighted by atomic mass is 10.1. The van der Waals surface area contributed by atoms with Gasteiger partial charge >= 0.3 is 6.03 Å². The average molecular weight is 317 g/mol. The van der Waals surface area contributed by atoms with Crippen molar-refractivity contribution in [3.63, 3.8) is 0 Å². The lowest BCUT2D eigenvalue weighted by molar-refractivity contribution is -0.131. The topological polar surface area (TPSA) is 61.4 Å². The van der Waals surface area contributed by atoms with Crippen molar-refractivity contribution in [1.29, 1.82) is 0 Å². The van der Waals surface area contributed by atoms with E-state index in [1.165, 1.54) is 5.56 Å². The molecule has 0 saturated carbocycles. The Kier molecular flexibility index (Phi) is 5.64. The number of carbonyl (C=O) groups excluding carboxylic acids is 2. The molecule has 0 bridgehead atoms. The third-order valence-corrected chi connectivity index (χ3v) is 4.04. The monoisotopic (exact) mass is 317 g/mol. The predicted molar refractivity (Wildman–Crippen MR) is 91.2 cm³/mol. The Bertz CT molecular complexity index is 537. The smallest absolute Gasteiger partial charge is 0.315 e. The predicted octanol–water partition coefficient (Wildman–Crippen LogP) is 2.32. The molecule has 0 spiro atoms. The summed E-state index contributed by atoms with van der Waals surface area (Å²) in [5, 5.41) is 5.77. The third-order valence-electron chi connectivity index (χ3n) is 4.04. The maximum Gasteiger partial charge on any atom is 0.315 e. The largest absolute Gasteiger partial charge is 0.338 e. The number of benzene rings is 1. The maximum atomic E-state index is 12.0. The summed E-state index contributed by atoms with van der Waals surface area (Å²) in [6, 6.07) is 9.93. The fourth-order valence-electron chi connectivity index (χ4n) is 2.83. The standard InChI is InChI=1S/C18H27N3O2/c1-18(2,3)21-13-15(12-16(21)22)20-17(23)19-11-7-10-14-8-5-4-6-9-14/h4-6,8-9,15H,7,10-13H2,1-3H3,(H2,19,20,23). The molecule has 5 heteroatoms. The van der Waals surface area contributed by atoms with Crippen LogP contribution in [-0.4, -0.2) is 41.5 Å². The molecule has 1 fully saturated rings. The molecule has 0 radical (unpaired) electrons. The second-order valence-electron chi connectivity index (χ2n) is 7.07. The van der Waals surface area contributed by atoms with E-state index in [0.29, 0.717) is 19.5 Å². The molecule has 5 nitrogen and oxygen atoms in total. The summed E-state index contributed by atoms with van der Waals surface area (Å²) in [7, 11) is 0. The third kappa shape index (κ3) is 5.27. The highest BCUT2D eigenvalue weighted by Gasteiger charge is 2.36. The van der Waals surface area contributed by atoms with E-state index in [2.05, 4.69) is 22.8 Å². The van der Waals surface area contributed by atoms with E-state index in [0.717, 1.165) is 12.8 Å². The maximum absolute atomic E-state index is 12.0. The number of nitrogens with one attached hydrogen (secondary N) is 2. The molecule has 2 rings (SSSR count). The van der Waals surface area contributed by atoms with Gasteiger partial charge < -0.3 is 15.5 Å². The van der Waals surface area contributed by atoms with E-state index in [-0.39, 0.29) is 23.5 Å². The first-order valence-electron chi connectivity index (χ1n) is 8.25. The Labute approximate surface area is 138 Å². The van der Waals surface area contributed by atoms with Crippen molar-refractivity contribution in [1.82, 2.24) is 15.5 Å². The molecule has 0 aromatic heterocycles. The molecule has 0 aliphatic carbocycles. The minimum Gasteiger partial charge on any atom is -0.338 e. The van der Waals surface area contributed by atoms with Gasteiger partial charge in [0.2, 0.25) is 5.91 Å². The fourth-order valence-corrected chi connectivity index (χ4v) is 2.83. The minimum absolute atomic E-state index is 0.101.